The molecule has 0 bridgehead atoms. The van der Waals surface area contributed by atoms with Gasteiger partial charge in [-0.05, 0) is 0 Å². The average molecular weight is 233 g/mol. The Morgan fingerprint density at radius 2 is 1.42 bits per heavy atom. The quantitative estimate of drug-likeness (QED) is 0.670. The molecule has 0 saturated heterocycles. The Bertz CT molecular complexity index is 117. The second-order valence-electron chi connectivity index (χ2n) is 3.19. The Morgan fingerprint density at radius 3 is 1.50 bits per heavy atom. The van der Waals surface area contributed by atoms with Gasteiger partial charge in [0.2, 0.25) is 0 Å². The van der Waals surface area contributed by atoms with Gasteiger partial charge in [-0.2, -0.15) is 0 Å². The molecule has 0 amide bonds. The summed E-state index contributed by atoms with van der Waals surface area (Å²) in [4.78, 5) is 0. The van der Waals surface area contributed by atoms with Crippen molar-refractivity contribution in [3.63, 3.8) is 0 Å². The molecule has 12 heavy (non-hydrogen) atoms. The zero-order chi connectivity index (χ0) is 8.98. The molecule has 0 fully saturated rings. The molecule has 2 N–H and O–H groups in total. The first-order chi connectivity index (χ1) is 5.04. The van der Waals surface area contributed by atoms with Crippen molar-refractivity contribution in [2.75, 3.05) is 30.2 Å². The van der Waals surface area contributed by atoms with Crippen LogP contribution >= 0.6 is 29.0 Å². The van der Waals surface area contributed by atoms with E-state index in [1.165, 1.54) is 24.0 Å². The van der Waals surface area contributed by atoms with E-state index in [1.54, 1.807) is 0 Å². The molecule has 0 atom stereocenters. The molecule has 4 heteroatoms. The SMILES string of the molecule is CCP(Cl)(CC)(CC)CSC.O. The molecule has 0 saturated carbocycles. The Labute approximate surface area is 85.7 Å². The summed E-state index contributed by atoms with van der Waals surface area (Å²) < 4.78 is 0. The fourth-order valence-corrected chi connectivity index (χ4v) is 8.26. The van der Waals surface area contributed by atoms with E-state index in [0.29, 0.717) is 0 Å². The van der Waals surface area contributed by atoms with Gasteiger partial charge in [0.25, 0.3) is 0 Å². The number of halogens is 1. The third kappa shape index (κ3) is 3.41. The van der Waals surface area contributed by atoms with Gasteiger partial charge >= 0.3 is 80.0 Å². The van der Waals surface area contributed by atoms with Crippen LogP contribution in [0.5, 0.6) is 0 Å². The maximum atomic E-state index is 6.76. The summed E-state index contributed by atoms with van der Waals surface area (Å²) in [6, 6.07) is 0. The van der Waals surface area contributed by atoms with Crippen LogP contribution in [-0.2, 0) is 0 Å². The number of thioether (sulfide) groups is 1. The molecular formula is C8H22ClOPS. The first kappa shape index (κ1) is 15.5. The van der Waals surface area contributed by atoms with Crippen LogP contribution in [0, 0.1) is 0 Å². The van der Waals surface area contributed by atoms with Crippen LogP contribution in [0.4, 0.5) is 0 Å². The van der Waals surface area contributed by atoms with Crippen molar-refractivity contribution in [3.05, 3.63) is 0 Å². The summed E-state index contributed by atoms with van der Waals surface area (Å²) in [6.07, 6.45) is 5.74. The average Bonchev–Trinajstić information content (AvgIpc) is 2.06. The van der Waals surface area contributed by atoms with Gasteiger partial charge in [-0.3, -0.25) is 0 Å². The minimum absolute atomic E-state index is 0. The summed E-state index contributed by atoms with van der Waals surface area (Å²) in [6.45, 7) is 6.73. The van der Waals surface area contributed by atoms with Gasteiger partial charge in [-0.25, -0.2) is 0 Å². The van der Waals surface area contributed by atoms with Gasteiger partial charge in [0.05, 0.1) is 0 Å². The van der Waals surface area contributed by atoms with Crippen molar-refractivity contribution < 1.29 is 5.48 Å². The molecule has 0 aromatic heterocycles. The zero-order valence-electron chi connectivity index (χ0n) is 8.56. The van der Waals surface area contributed by atoms with E-state index in [4.69, 9.17) is 11.2 Å². The Hall–Kier alpha value is 1.03. The summed E-state index contributed by atoms with van der Waals surface area (Å²) in [5.41, 5.74) is 1.19. The fraction of sp³-hybridized carbons (Fsp3) is 1.00. The second kappa shape index (κ2) is 5.70. The molecule has 0 unspecified atom stereocenters. The standard InChI is InChI=1S/C8H20ClPS.H2O/c1-5-10(9,6-2,7-3)8-11-4;/h5-8H2,1-4H3;1H2. The summed E-state index contributed by atoms with van der Waals surface area (Å²) in [7, 11) is 0. The van der Waals surface area contributed by atoms with Crippen molar-refractivity contribution in [1.82, 2.24) is 0 Å². The van der Waals surface area contributed by atoms with Crippen LogP contribution in [0.15, 0.2) is 0 Å². The molecule has 0 aromatic rings. The van der Waals surface area contributed by atoms with E-state index in [9.17, 15) is 0 Å². The molecule has 0 aromatic carbocycles. The van der Waals surface area contributed by atoms with Crippen LogP contribution in [0.1, 0.15) is 20.8 Å². The minimum atomic E-state index is -1.75. The maximum Gasteiger partial charge on any atom is -0.412 e. The summed E-state index contributed by atoms with van der Waals surface area (Å²) in [5.74, 6) is -1.75. The monoisotopic (exact) mass is 232 g/mol. The van der Waals surface area contributed by atoms with E-state index in [-0.39, 0.29) is 5.48 Å². The van der Waals surface area contributed by atoms with Crippen molar-refractivity contribution in [2.45, 2.75) is 20.8 Å². The van der Waals surface area contributed by atoms with E-state index in [2.05, 4.69) is 27.0 Å². The predicted octanol–water partition coefficient (Wildman–Crippen LogP) is 3.25. The molecule has 0 spiro atoms. The van der Waals surface area contributed by atoms with Gasteiger partial charge in [0, 0.05) is 0 Å². The molecule has 0 heterocycles. The van der Waals surface area contributed by atoms with Crippen LogP contribution in [0.25, 0.3) is 0 Å². The zero-order valence-corrected chi connectivity index (χ0v) is 11.0. The largest absolute Gasteiger partial charge is 0.412 e. The molecule has 0 aliphatic carbocycles. The second-order valence-corrected chi connectivity index (χ2v) is 13.2. The molecular weight excluding hydrogens is 211 g/mol. The van der Waals surface area contributed by atoms with Crippen molar-refractivity contribution in [3.8, 4) is 0 Å². The Kier molecular flexibility index (Phi) is 7.36. The molecule has 0 rings (SSSR count). The maximum absolute atomic E-state index is 6.76. The van der Waals surface area contributed by atoms with E-state index < -0.39 is 5.96 Å². The molecule has 0 radical (unpaired) electrons. The van der Waals surface area contributed by atoms with Gasteiger partial charge in [-0.15, -0.1) is 0 Å². The molecule has 0 aliphatic rings. The molecule has 1 nitrogen and oxygen atoms in total. The molecule has 0 aliphatic heterocycles. The third-order valence-electron chi connectivity index (χ3n) is 2.82. The van der Waals surface area contributed by atoms with Crippen LogP contribution in [-0.4, -0.2) is 35.7 Å². The van der Waals surface area contributed by atoms with E-state index in [0.717, 1.165) is 0 Å². The number of rotatable bonds is 5. The fourth-order valence-electron chi connectivity index (χ4n) is 1.27. The number of hydrogen-bond acceptors (Lipinski definition) is 1. The van der Waals surface area contributed by atoms with Gasteiger partial charge in [0.1, 0.15) is 0 Å². The number of hydrogen-bond donors (Lipinski definition) is 0. The third-order valence-corrected chi connectivity index (χ3v) is 14.2. The van der Waals surface area contributed by atoms with Crippen molar-refractivity contribution >= 4 is 29.0 Å². The van der Waals surface area contributed by atoms with Crippen molar-refractivity contribution in [2.24, 2.45) is 0 Å². The summed E-state index contributed by atoms with van der Waals surface area (Å²) in [5, 5.41) is 0. The summed E-state index contributed by atoms with van der Waals surface area (Å²) >= 11 is 8.67. The van der Waals surface area contributed by atoms with Crippen LogP contribution in [0.2, 0.25) is 0 Å². The Morgan fingerprint density at radius 1 is 1.08 bits per heavy atom. The minimum Gasteiger partial charge on any atom is -0.412 e. The topological polar surface area (TPSA) is 31.5 Å². The molecule has 78 valence electrons. The van der Waals surface area contributed by atoms with E-state index >= 15 is 0 Å². The first-order valence-corrected chi connectivity index (χ1v) is 9.53. The normalized spacial score (nSPS) is 14.6. The van der Waals surface area contributed by atoms with Gasteiger partial charge in [-0.1, -0.05) is 0 Å². The van der Waals surface area contributed by atoms with Gasteiger partial charge < -0.3 is 5.48 Å². The Balaban J connectivity index is 0. The van der Waals surface area contributed by atoms with Gasteiger partial charge in [0.15, 0.2) is 0 Å². The predicted molar refractivity (Wildman–Crippen MR) is 66.4 cm³/mol. The van der Waals surface area contributed by atoms with Crippen LogP contribution < -0.4 is 0 Å². The smallest absolute Gasteiger partial charge is 0.412 e. The van der Waals surface area contributed by atoms with Crippen molar-refractivity contribution in [1.29, 1.82) is 0 Å². The van der Waals surface area contributed by atoms with Crippen LogP contribution in [0.3, 0.4) is 0 Å². The van der Waals surface area contributed by atoms with E-state index in [1.807, 2.05) is 11.8 Å². The first-order valence-electron chi connectivity index (χ1n) is 4.25.